The highest BCUT2D eigenvalue weighted by molar-refractivity contribution is 5.88. The summed E-state index contributed by atoms with van der Waals surface area (Å²) in [6, 6.07) is 7.18. The molecule has 10 nitrogen and oxygen atoms in total. The number of hydrogen-bond acceptors (Lipinski definition) is 9. The fraction of sp³-hybridized carbons (Fsp3) is 0.778. The first-order chi connectivity index (χ1) is 22.6. The molecule has 0 fully saturated rings. The molecule has 1 aromatic rings. The lowest BCUT2D eigenvalue weighted by molar-refractivity contribution is -0.145. The van der Waals surface area contributed by atoms with Crippen molar-refractivity contribution in [2.45, 2.75) is 104 Å². The van der Waals surface area contributed by atoms with E-state index in [1.807, 2.05) is 0 Å². The number of esters is 1. The fourth-order valence-electron chi connectivity index (χ4n) is 4.61. The number of anilines is 1. The van der Waals surface area contributed by atoms with Crippen LogP contribution in [0.1, 0.15) is 104 Å². The Labute approximate surface area is 278 Å². The maximum absolute atomic E-state index is 11.8. The van der Waals surface area contributed by atoms with Crippen molar-refractivity contribution in [3.63, 3.8) is 0 Å². The number of nitrogens with one attached hydrogen (secondary N) is 1. The Morgan fingerprint density at radius 1 is 0.522 bits per heavy atom. The molecular formula is C36H63NO9. The van der Waals surface area contributed by atoms with Gasteiger partial charge in [0.2, 0.25) is 5.91 Å². The van der Waals surface area contributed by atoms with Crippen LogP contribution in [0.15, 0.2) is 24.3 Å². The van der Waals surface area contributed by atoms with Gasteiger partial charge in [-0.05, 0) is 30.7 Å². The molecule has 0 aliphatic carbocycles. The van der Waals surface area contributed by atoms with E-state index in [9.17, 15) is 9.59 Å². The van der Waals surface area contributed by atoms with Gasteiger partial charge in [0.15, 0.2) is 0 Å². The molecule has 0 atom stereocenters. The van der Waals surface area contributed by atoms with Crippen LogP contribution in [0.5, 0.6) is 5.75 Å². The van der Waals surface area contributed by atoms with Gasteiger partial charge in [-0.25, -0.2) is 0 Å². The first kappa shape index (κ1) is 41.8. The molecule has 0 radical (unpaired) electrons. The Morgan fingerprint density at radius 2 is 0.913 bits per heavy atom. The van der Waals surface area contributed by atoms with Gasteiger partial charge in [0.05, 0.1) is 66.1 Å². The first-order valence-electron chi connectivity index (χ1n) is 17.7. The van der Waals surface area contributed by atoms with Crippen molar-refractivity contribution in [3.8, 4) is 5.75 Å². The summed E-state index contributed by atoms with van der Waals surface area (Å²) < 4.78 is 38.2. The number of ether oxygens (including phenoxy) is 7. The van der Waals surface area contributed by atoms with Crippen molar-refractivity contribution >= 4 is 17.6 Å². The molecule has 1 amide bonds. The third-order valence-corrected chi connectivity index (χ3v) is 7.13. The van der Waals surface area contributed by atoms with Gasteiger partial charge in [-0.15, -0.1) is 0 Å². The number of amides is 1. The van der Waals surface area contributed by atoms with Crippen molar-refractivity contribution < 1.29 is 42.7 Å². The molecular weight excluding hydrogens is 590 g/mol. The van der Waals surface area contributed by atoms with Gasteiger partial charge in [-0.3, -0.25) is 9.59 Å². The third-order valence-electron chi connectivity index (χ3n) is 7.13. The zero-order valence-corrected chi connectivity index (χ0v) is 28.9. The predicted molar refractivity (Wildman–Crippen MR) is 182 cm³/mol. The number of rotatable bonds is 34. The minimum atomic E-state index is -0.134. The molecule has 0 aromatic heterocycles. The molecule has 0 aliphatic rings. The second-order valence-corrected chi connectivity index (χ2v) is 11.3. The highest BCUT2D eigenvalue weighted by atomic mass is 16.6. The summed E-state index contributed by atoms with van der Waals surface area (Å²) in [5.41, 5.74) is 0.733. The van der Waals surface area contributed by atoms with Gasteiger partial charge in [0.1, 0.15) is 19.0 Å². The van der Waals surface area contributed by atoms with Crippen molar-refractivity contribution in [1.29, 1.82) is 0 Å². The molecule has 0 saturated carbocycles. The molecule has 10 heteroatoms. The van der Waals surface area contributed by atoms with Gasteiger partial charge in [-0.2, -0.15) is 0 Å². The number of carbonyl (C=O) groups excluding carboxylic acids is 2. The van der Waals surface area contributed by atoms with Gasteiger partial charge >= 0.3 is 5.97 Å². The molecule has 0 spiro atoms. The van der Waals surface area contributed by atoms with E-state index in [0.717, 1.165) is 24.3 Å². The third kappa shape index (κ3) is 29.2. The summed E-state index contributed by atoms with van der Waals surface area (Å²) in [5, 5.41) is 2.71. The van der Waals surface area contributed by atoms with E-state index < -0.39 is 0 Å². The number of benzene rings is 1. The number of hydrogen-bond donors (Lipinski definition) is 1. The summed E-state index contributed by atoms with van der Waals surface area (Å²) in [6.07, 6.45) is 17.3. The SMILES string of the molecule is CCCCCCCCCCCCCCCC(=O)OCCOCCOCCOCCOCCOCCOc1ccc(NC(C)=O)cc1. The van der Waals surface area contributed by atoms with Crippen LogP contribution in [0.25, 0.3) is 0 Å². The molecule has 46 heavy (non-hydrogen) atoms. The van der Waals surface area contributed by atoms with Gasteiger partial charge < -0.3 is 38.5 Å². The Balaban J connectivity index is 1.71. The quantitative estimate of drug-likeness (QED) is 0.0613. The molecule has 266 valence electrons. The maximum atomic E-state index is 11.8. The molecule has 0 bridgehead atoms. The normalized spacial score (nSPS) is 11.1. The zero-order chi connectivity index (χ0) is 33.2. The fourth-order valence-corrected chi connectivity index (χ4v) is 4.61. The highest BCUT2D eigenvalue weighted by Gasteiger charge is 2.03. The lowest BCUT2D eigenvalue weighted by atomic mass is 10.0. The van der Waals surface area contributed by atoms with Crippen LogP contribution < -0.4 is 10.1 Å². The summed E-state index contributed by atoms with van der Waals surface area (Å²) in [6.45, 7) is 9.12. The molecule has 0 heterocycles. The molecule has 0 unspecified atom stereocenters. The zero-order valence-electron chi connectivity index (χ0n) is 28.9. The van der Waals surface area contributed by atoms with Crippen LogP contribution in [-0.2, 0) is 38.0 Å². The average molecular weight is 654 g/mol. The maximum Gasteiger partial charge on any atom is 0.305 e. The van der Waals surface area contributed by atoms with Crippen molar-refractivity contribution in [2.24, 2.45) is 0 Å². The molecule has 0 saturated heterocycles. The monoisotopic (exact) mass is 653 g/mol. The predicted octanol–water partition coefficient (Wildman–Crippen LogP) is 7.13. The molecule has 1 aromatic carbocycles. The Bertz CT molecular complexity index is 822. The van der Waals surface area contributed by atoms with Crippen LogP contribution in [0.2, 0.25) is 0 Å². The van der Waals surface area contributed by atoms with E-state index in [0.29, 0.717) is 79.1 Å². The molecule has 1 rings (SSSR count). The molecule has 0 aliphatic heterocycles. The smallest absolute Gasteiger partial charge is 0.305 e. The second-order valence-electron chi connectivity index (χ2n) is 11.3. The van der Waals surface area contributed by atoms with Crippen LogP contribution >= 0.6 is 0 Å². The van der Waals surface area contributed by atoms with Gasteiger partial charge in [0.25, 0.3) is 0 Å². The van der Waals surface area contributed by atoms with Crippen molar-refractivity contribution in [1.82, 2.24) is 0 Å². The Kier molecular flexibility index (Phi) is 29.7. The van der Waals surface area contributed by atoms with Crippen LogP contribution in [-0.4, -0.2) is 91.2 Å². The van der Waals surface area contributed by atoms with Crippen LogP contribution in [0, 0.1) is 0 Å². The summed E-state index contributed by atoms with van der Waals surface area (Å²) in [5.74, 6) is 0.478. The summed E-state index contributed by atoms with van der Waals surface area (Å²) in [7, 11) is 0. The Morgan fingerprint density at radius 3 is 1.35 bits per heavy atom. The standard InChI is InChI=1S/C36H63NO9/c1-3-4-5-6-7-8-9-10-11-12-13-14-15-16-36(39)46-32-30-44-28-26-42-24-22-40-21-23-41-25-27-43-29-31-45-35-19-17-34(18-20-35)37-33(2)38/h17-20H,3-16,21-32H2,1-2H3,(H,37,38). The highest BCUT2D eigenvalue weighted by Crippen LogP contribution is 2.16. The Hall–Kier alpha value is -2.24. The number of unbranched alkanes of at least 4 members (excludes halogenated alkanes) is 12. The number of carbonyl (C=O) groups is 2. The van der Waals surface area contributed by atoms with Gasteiger partial charge in [-0.1, -0.05) is 84.0 Å². The average Bonchev–Trinajstić information content (AvgIpc) is 3.04. The van der Waals surface area contributed by atoms with E-state index in [4.69, 9.17) is 33.2 Å². The first-order valence-corrected chi connectivity index (χ1v) is 17.7. The minimum Gasteiger partial charge on any atom is -0.491 e. The summed E-state index contributed by atoms with van der Waals surface area (Å²) in [4.78, 5) is 22.9. The molecule has 1 N–H and O–H groups in total. The van der Waals surface area contributed by atoms with E-state index in [2.05, 4.69) is 12.2 Å². The van der Waals surface area contributed by atoms with Crippen molar-refractivity contribution in [2.75, 3.05) is 84.6 Å². The van der Waals surface area contributed by atoms with Gasteiger partial charge in [0, 0.05) is 19.0 Å². The van der Waals surface area contributed by atoms with E-state index in [1.165, 1.54) is 77.6 Å². The lowest BCUT2D eigenvalue weighted by Gasteiger charge is -2.09. The minimum absolute atomic E-state index is 0.106. The van der Waals surface area contributed by atoms with E-state index in [1.54, 1.807) is 24.3 Å². The summed E-state index contributed by atoms with van der Waals surface area (Å²) >= 11 is 0. The van der Waals surface area contributed by atoms with E-state index >= 15 is 0 Å². The topological polar surface area (TPSA) is 111 Å². The van der Waals surface area contributed by atoms with Crippen LogP contribution in [0.3, 0.4) is 0 Å². The van der Waals surface area contributed by atoms with Crippen LogP contribution in [0.4, 0.5) is 5.69 Å². The lowest BCUT2D eigenvalue weighted by Crippen LogP contribution is -2.15. The van der Waals surface area contributed by atoms with E-state index in [-0.39, 0.29) is 18.5 Å². The second kappa shape index (κ2) is 32.7. The van der Waals surface area contributed by atoms with Crippen molar-refractivity contribution in [3.05, 3.63) is 24.3 Å². The largest absolute Gasteiger partial charge is 0.491 e.